The Labute approximate surface area is 102 Å². The van der Waals surface area contributed by atoms with Crippen LogP contribution in [0.5, 0.6) is 0 Å². The number of aromatic amines is 1. The van der Waals surface area contributed by atoms with Gasteiger partial charge in [0.2, 0.25) is 0 Å². The molecule has 0 aliphatic rings. The molecule has 0 amide bonds. The third kappa shape index (κ3) is 2.97. The van der Waals surface area contributed by atoms with Crippen LogP contribution in [0.4, 0.5) is 0 Å². The first-order valence-corrected chi connectivity index (χ1v) is 5.83. The number of nitrogens with two attached hydrogens (primary N) is 1. The topological polar surface area (TPSA) is 100 Å². The van der Waals surface area contributed by atoms with Crippen molar-refractivity contribution in [3.63, 3.8) is 0 Å². The van der Waals surface area contributed by atoms with E-state index in [4.69, 9.17) is 10.9 Å². The van der Waals surface area contributed by atoms with Crippen LogP contribution in [0.1, 0.15) is 11.1 Å². The molecule has 88 valence electrons. The number of benzene rings is 1. The molecule has 6 nitrogen and oxygen atoms in total. The summed E-state index contributed by atoms with van der Waals surface area (Å²) in [7, 11) is 0. The number of oxime groups is 1. The smallest absolute Gasteiger partial charge is 0.183 e. The number of hydrogen-bond donors (Lipinski definition) is 3. The van der Waals surface area contributed by atoms with E-state index in [2.05, 4.69) is 20.3 Å². The molecular weight excluding hydrogens is 238 g/mol. The van der Waals surface area contributed by atoms with Crippen molar-refractivity contribution in [3.8, 4) is 0 Å². The van der Waals surface area contributed by atoms with Crippen LogP contribution >= 0.6 is 11.8 Å². The maximum Gasteiger partial charge on any atom is 0.183 e. The fraction of sp³-hybridized carbons (Fsp3) is 0.100. The number of hydrogen-bond acceptors (Lipinski definition) is 5. The monoisotopic (exact) mass is 249 g/mol. The van der Waals surface area contributed by atoms with E-state index in [1.165, 1.54) is 18.1 Å². The van der Waals surface area contributed by atoms with Gasteiger partial charge in [0, 0.05) is 11.3 Å². The number of H-pyrrole nitrogens is 1. The first kappa shape index (κ1) is 11.5. The van der Waals surface area contributed by atoms with Crippen molar-refractivity contribution in [2.45, 2.75) is 10.9 Å². The SMILES string of the molecule is N/C(=N\O)c1cccc(CSc2ncn[nH]2)c1. The van der Waals surface area contributed by atoms with Crippen LogP contribution in [-0.2, 0) is 5.75 Å². The van der Waals surface area contributed by atoms with Gasteiger partial charge in [0.15, 0.2) is 11.0 Å². The van der Waals surface area contributed by atoms with Gasteiger partial charge >= 0.3 is 0 Å². The van der Waals surface area contributed by atoms with Crippen molar-refractivity contribution >= 4 is 17.6 Å². The average Bonchev–Trinajstić information content (AvgIpc) is 2.89. The minimum Gasteiger partial charge on any atom is -0.409 e. The summed E-state index contributed by atoms with van der Waals surface area (Å²) >= 11 is 1.54. The highest BCUT2D eigenvalue weighted by atomic mass is 32.2. The van der Waals surface area contributed by atoms with E-state index in [1.54, 1.807) is 6.07 Å². The average molecular weight is 249 g/mol. The molecule has 0 saturated carbocycles. The lowest BCUT2D eigenvalue weighted by Gasteiger charge is -2.02. The van der Waals surface area contributed by atoms with Crippen LogP contribution in [0.25, 0.3) is 0 Å². The van der Waals surface area contributed by atoms with E-state index in [0.717, 1.165) is 16.5 Å². The molecular formula is C10H11N5OS. The zero-order valence-corrected chi connectivity index (χ0v) is 9.68. The number of amidine groups is 1. The number of nitrogens with zero attached hydrogens (tertiary/aromatic N) is 3. The van der Waals surface area contributed by atoms with Crippen molar-refractivity contribution in [2.75, 3.05) is 0 Å². The Morgan fingerprint density at radius 2 is 2.41 bits per heavy atom. The van der Waals surface area contributed by atoms with Crippen LogP contribution in [0.15, 0.2) is 40.9 Å². The lowest BCUT2D eigenvalue weighted by Crippen LogP contribution is -2.13. The fourth-order valence-corrected chi connectivity index (χ4v) is 2.02. The summed E-state index contributed by atoms with van der Waals surface area (Å²) in [6.45, 7) is 0. The van der Waals surface area contributed by atoms with Gasteiger partial charge in [-0.05, 0) is 11.6 Å². The standard InChI is InChI=1S/C10H11N5OS/c11-9(15-16)8-3-1-2-7(4-8)5-17-10-12-6-13-14-10/h1-4,6,16H,5H2,(H2,11,15)(H,12,13,14). The van der Waals surface area contributed by atoms with Crippen molar-refractivity contribution in [1.82, 2.24) is 15.2 Å². The molecule has 4 N–H and O–H groups in total. The van der Waals surface area contributed by atoms with Crippen LogP contribution in [0, 0.1) is 0 Å². The molecule has 1 heterocycles. The van der Waals surface area contributed by atoms with Crippen LogP contribution in [0.3, 0.4) is 0 Å². The highest BCUT2D eigenvalue weighted by Gasteiger charge is 2.02. The number of aromatic nitrogens is 3. The second-order valence-electron chi connectivity index (χ2n) is 3.26. The highest BCUT2D eigenvalue weighted by molar-refractivity contribution is 7.98. The summed E-state index contributed by atoms with van der Waals surface area (Å²) in [5, 5.41) is 18.9. The second kappa shape index (κ2) is 5.35. The lowest BCUT2D eigenvalue weighted by atomic mass is 10.1. The largest absolute Gasteiger partial charge is 0.409 e. The Hall–Kier alpha value is -2.02. The molecule has 7 heteroatoms. The summed E-state index contributed by atoms with van der Waals surface area (Å²) in [6.07, 6.45) is 1.47. The first-order chi connectivity index (χ1) is 8.29. The Morgan fingerprint density at radius 3 is 3.12 bits per heavy atom. The van der Waals surface area contributed by atoms with Gasteiger partial charge in [0.25, 0.3) is 0 Å². The molecule has 0 aliphatic heterocycles. The van der Waals surface area contributed by atoms with Gasteiger partial charge in [-0.2, -0.15) is 5.10 Å². The summed E-state index contributed by atoms with van der Waals surface area (Å²) in [4.78, 5) is 4.01. The molecule has 0 fully saturated rings. The minimum absolute atomic E-state index is 0.108. The minimum atomic E-state index is 0.108. The summed E-state index contributed by atoms with van der Waals surface area (Å²) in [5.41, 5.74) is 7.28. The van der Waals surface area contributed by atoms with Crippen molar-refractivity contribution in [1.29, 1.82) is 0 Å². The summed E-state index contributed by atoms with van der Waals surface area (Å²) in [5.74, 6) is 0.846. The number of nitrogens with one attached hydrogen (secondary N) is 1. The molecule has 2 rings (SSSR count). The van der Waals surface area contributed by atoms with Gasteiger partial charge in [0.05, 0.1) is 0 Å². The Balaban J connectivity index is 2.06. The van der Waals surface area contributed by atoms with E-state index in [0.29, 0.717) is 5.56 Å². The molecule has 17 heavy (non-hydrogen) atoms. The van der Waals surface area contributed by atoms with Crippen molar-refractivity contribution in [2.24, 2.45) is 10.9 Å². The van der Waals surface area contributed by atoms with Gasteiger partial charge in [-0.1, -0.05) is 35.1 Å². The zero-order chi connectivity index (χ0) is 12.1. The van der Waals surface area contributed by atoms with Crippen molar-refractivity contribution < 1.29 is 5.21 Å². The van der Waals surface area contributed by atoms with Crippen LogP contribution in [0.2, 0.25) is 0 Å². The second-order valence-corrected chi connectivity index (χ2v) is 4.23. The third-order valence-electron chi connectivity index (χ3n) is 2.10. The predicted molar refractivity (Wildman–Crippen MR) is 64.9 cm³/mol. The van der Waals surface area contributed by atoms with E-state index in [-0.39, 0.29) is 5.84 Å². The third-order valence-corrected chi connectivity index (χ3v) is 3.05. The molecule has 1 aromatic heterocycles. The first-order valence-electron chi connectivity index (χ1n) is 4.84. The van der Waals surface area contributed by atoms with E-state index < -0.39 is 0 Å². The fourth-order valence-electron chi connectivity index (χ4n) is 1.29. The Bertz CT molecular complexity index is 511. The maximum atomic E-state index is 8.59. The van der Waals surface area contributed by atoms with Crippen LogP contribution < -0.4 is 5.73 Å². The summed E-state index contributed by atoms with van der Waals surface area (Å²) < 4.78 is 0. The number of thioether (sulfide) groups is 1. The van der Waals surface area contributed by atoms with Gasteiger partial charge in [0.1, 0.15) is 6.33 Å². The molecule has 0 unspecified atom stereocenters. The highest BCUT2D eigenvalue weighted by Crippen LogP contribution is 2.18. The van der Waals surface area contributed by atoms with Crippen molar-refractivity contribution in [3.05, 3.63) is 41.7 Å². The maximum absolute atomic E-state index is 8.59. The molecule has 1 aromatic carbocycles. The molecule has 0 atom stereocenters. The Kier molecular flexibility index (Phi) is 3.61. The molecule has 0 radical (unpaired) electrons. The van der Waals surface area contributed by atoms with Gasteiger partial charge in [-0.15, -0.1) is 0 Å². The molecule has 0 bridgehead atoms. The molecule has 0 saturated heterocycles. The molecule has 0 spiro atoms. The van der Waals surface area contributed by atoms with Crippen LogP contribution in [-0.4, -0.2) is 26.2 Å². The van der Waals surface area contributed by atoms with E-state index in [9.17, 15) is 0 Å². The normalized spacial score (nSPS) is 11.6. The number of rotatable bonds is 4. The van der Waals surface area contributed by atoms with Gasteiger partial charge < -0.3 is 10.9 Å². The summed E-state index contributed by atoms with van der Waals surface area (Å²) in [6, 6.07) is 7.50. The molecule has 0 aliphatic carbocycles. The van der Waals surface area contributed by atoms with E-state index >= 15 is 0 Å². The molecule has 2 aromatic rings. The quantitative estimate of drug-likeness (QED) is 0.248. The van der Waals surface area contributed by atoms with Gasteiger partial charge in [-0.25, -0.2) is 4.98 Å². The Morgan fingerprint density at radius 1 is 1.53 bits per heavy atom. The van der Waals surface area contributed by atoms with E-state index in [1.807, 2.05) is 18.2 Å². The van der Waals surface area contributed by atoms with Gasteiger partial charge in [-0.3, -0.25) is 5.10 Å². The lowest BCUT2D eigenvalue weighted by molar-refractivity contribution is 0.318. The predicted octanol–water partition coefficient (Wildman–Crippen LogP) is 1.19. The zero-order valence-electron chi connectivity index (χ0n) is 8.87.